The van der Waals surface area contributed by atoms with Crippen LogP contribution in [0.4, 0.5) is 0 Å². The molecule has 0 aliphatic carbocycles. The van der Waals surface area contributed by atoms with Crippen molar-refractivity contribution in [2.24, 2.45) is 0 Å². The molecule has 0 aliphatic heterocycles. The Kier molecular flexibility index (Phi) is 2.88. The van der Waals surface area contributed by atoms with Gasteiger partial charge in [0.2, 0.25) is 0 Å². The average molecular weight is 299 g/mol. The Balaban J connectivity index is 2.32. The number of benzene rings is 1. The minimum absolute atomic E-state index is 0.556. The zero-order valence-corrected chi connectivity index (χ0v) is 9.60. The van der Waals surface area contributed by atoms with Crippen LogP contribution < -0.4 is 0 Å². The maximum absolute atomic E-state index is 9.97. The second-order valence-electron chi connectivity index (χ2n) is 3.08. The monoisotopic (exact) mass is 299 g/mol. The van der Waals surface area contributed by atoms with Gasteiger partial charge >= 0.3 is 0 Å². The number of aliphatic hydroxyl groups excluding tert-OH is 1. The van der Waals surface area contributed by atoms with Gasteiger partial charge in [0.25, 0.3) is 0 Å². The number of aromatic nitrogens is 1. The zero-order chi connectivity index (χ0) is 9.97. The molecule has 1 unspecified atom stereocenters. The normalized spacial score (nSPS) is 12.7. The smallest absolute Gasteiger partial charge is 0.119 e. The number of aromatic amines is 1. The summed E-state index contributed by atoms with van der Waals surface area (Å²) in [5.41, 5.74) is 1.74. The molecule has 14 heavy (non-hydrogen) atoms. The molecule has 1 aromatic carbocycles. The number of rotatable bonds is 2. The fraction of sp³-hybridized carbons (Fsp3) is 0.0909. The van der Waals surface area contributed by atoms with Gasteiger partial charge in [-0.15, -0.1) is 0 Å². The Morgan fingerprint density at radius 2 is 2.07 bits per heavy atom. The van der Waals surface area contributed by atoms with Crippen LogP contribution in [0.3, 0.4) is 0 Å². The Labute approximate surface area is 96.1 Å². The molecule has 0 saturated carbocycles. The molecule has 2 aromatic rings. The molecule has 2 rings (SSSR count). The SMILES string of the molecule is OC(c1cccc(I)c1)c1ccc[nH]1. The first kappa shape index (κ1) is 9.73. The first-order valence-corrected chi connectivity index (χ1v) is 5.42. The first-order chi connectivity index (χ1) is 6.77. The van der Waals surface area contributed by atoms with E-state index in [1.807, 2.05) is 42.6 Å². The van der Waals surface area contributed by atoms with Crippen molar-refractivity contribution < 1.29 is 5.11 Å². The van der Waals surface area contributed by atoms with Crippen molar-refractivity contribution in [2.75, 3.05) is 0 Å². The molecule has 3 heteroatoms. The molecule has 0 aliphatic rings. The van der Waals surface area contributed by atoms with Crippen molar-refractivity contribution >= 4 is 22.6 Å². The topological polar surface area (TPSA) is 36.0 Å². The first-order valence-electron chi connectivity index (χ1n) is 4.34. The van der Waals surface area contributed by atoms with E-state index in [1.165, 1.54) is 0 Å². The summed E-state index contributed by atoms with van der Waals surface area (Å²) in [6.07, 6.45) is 1.26. The Morgan fingerprint density at radius 3 is 2.71 bits per heavy atom. The molecule has 0 amide bonds. The average Bonchev–Trinajstić information content (AvgIpc) is 2.69. The van der Waals surface area contributed by atoms with Crippen LogP contribution in [-0.4, -0.2) is 10.1 Å². The summed E-state index contributed by atoms with van der Waals surface area (Å²) in [4.78, 5) is 3.00. The summed E-state index contributed by atoms with van der Waals surface area (Å²) >= 11 is 2.24. The molecule has 1 heterocycles. The van der Waals surface area contributed by atoms with E-state index >= 15 is 0 Å². The molecule has 0 fully saturated rings. The lowest BCUT2D eigenvalue weighted by Gasteiger charge is -2.09. The van der Waals surface area contributed by atoms with E-state index in [1.54, 1.807) is 0 Å². The Morgan fingerprint density at radius 1 is 1.21 bits per heavy atom. The highest BCUT2D eigenvalue weighted by atomic mass is 127. The number of hydrogen-bond acceptors (Lipinski definition) is 1. The lowest BCUT2D eigenvalue weighted by Crippen LogP contribution is -1.99. The standard InChI is InChI=1S/C11H10INO/c12-9-4-1-3-8(7-9)11(14)10-5-2-6-13-10/h1-7,11,13-14H. The Bertz CT molecular complexity index is 411. The highest BCUT2D eigenvalue weighted by molar-refractivity contribution is 14.1. The van der Waals surface area contributed by atoms with Crippen molar-refractivity contribution in [1.29, 1.82) is 0 Å². The Hall–Kier alpha value is -0.810. The number of hydrogen-bond donors (Lipinski definition) is 2. The van der Waals surface area contributed by atoms with Crippen molar-refractivity contribution in [3.05, 3.63) is 57.4 Å². The van der Waals surface area contributed by atoms with Gasteiger partial charge in [-0.3, -0.25) is 0 Å². The predicted molar refractivity (Wildman–Crippen MR) is 64.0 cm³/mol. The molecule has 0 saturated heterocycles. The number of H-pyrrole nitrogens is 1. The maximum Gasteiger partial charge on any atom is 0.119 e. The third kappa shape index (κ3) is 1.99. The van der Waals surface area contributed by atoms with Crippen molar-refractivity contribution in [1.82, 2.24) is 4.98 Å². The van der Waals surface area contributed by atoms with Crippen molar-refractivity contribution in [3.8, 4) is 0 Å². The van der Waals surface area contributed by atoms with Crippen LogP contribution in [-0.2, 0) is 0 Å². The van der Waals surface area contributed by atoms with E-state index < -0.39 is 6.10 Å². The third-order valence-electron chi connectivity index (χ3n) is 2.08. The van der Waals surface area contributed by atoms with E-state index in [2.05, 4.69) is 27.6 Å². The van der Waals surface area contributed by atoms with Gasteiger partial charge in [0.15, 0.2) is 0 Å². The second-order valence-corrected chi connectivity index (χ2v) is 4.33. The summed E-state index contributed by atoms with van der Waals surface area (Å²) in [5.74, 6) is 0. The van der Waals surface area contributed by atoms with Crippen LogP contribution >= 0.6 is 22.6 Å². The second kappa shape index (κ2) is 4.14. The number of aliphatic hydroxyl groups is 1. The molecule has 0 spiro atoms. The molecule has 1 aromatic heterocycles. The quantitative estimate of drug-likeness (QED) is 0.822. The van der Waals surface area contributed by atoms with Gasteiger partial charge in [-0.1, -0.05) is 12.1 Å². The van der Waals surface area contributed by atoms with Crippen LogP contribution in [0.15, 0.2) is 42.6 Å². The van der Waals surface area contributed by atoms with Crippen LogP contribution in [0.5, 0.6) is 0 Å². The fourth-order valence-electron chi connectivity index (χ4n) is 1.37. The van der Waals surface area contributed by atoms with Crippen LogP contribution in [0, 0.1) is 3.57 Å². The summed E-state index contributed by atoms with van der Waals surface area (Å²) in [6.45, 7) is 0. The molecule has 2 N–H and O–H groups in total. The molecule has 0 bridgehead atoms. The van der Waals surface area contributed by atoms with Crippen LogP contribution in [0.2, 0.25) is 0 Å². The van der Waals surface area contributed by atoms with Gasteiger partial charge in [0.05, 0.1) is 0 Å². The summed E-state index contributed by atoms with van der Waals surface area (Å²) in [7, 11) is 0. The van der Waals surface area contributed by atoms with Gasteiger partial charge < -0.3 is 10.1 Å². The summed E-state index contributed by atoms with van der Waals surface area (Å²) in [6, 6.07) is 11.6. The highest BCUT2D eigenvalue weighted by Crippen LogP contribution is 2.21. The maximum atomic E-state index is 9.97. The predicted octanol–water partition coefficient (Wildman–Crippen LogP) is 2.70. The molecular weight excluding hydrogens is 289 g/mol. The largest absolute Gasteiger partial charge is 0.382 e. The zero-order valence-electron chi connectivity index (χ0n) is 7.44. The number of halogens is 1. The van der Waals surface area contributed by atoms with Gasteiger partial charge in [-0.05, 0) is 52.4 Å². The molecule has 2 nitrogen and oxygen atoms in total. The molecule has 72 valence electrons. The van der Waals surface area contributed by atoms with Crippen LogP contribution in [0.1, 0.15) is 17.4 Å². The molecular formula is C11H10INO. The van der Waals surface area contributed by atoms with E-state index in [0.29, 0.717) is 0 Å². The van der Waals surface area contributed by atoms with E-state index in [9.17, 15) is 5.11 Å². The molecule has 0 radical (unpaired) electrons. The summed E-state index contributed by atoms with van der Waals surface area (Å²) < 4.78 is 1.13. The third-order valence-corrected chi connectivity index (χ3v) is 2.75. The minimum atomic E-state index is -0.556. The van der Waals surface area contributed by atoms with Gasteiger partial charge in [-0.25, -0.2) is 0 Å². The van der Waals surface area contributed by atoms with Crippen molar-refractivity contribution in [3.63, 3.8) is 0 Å². The van der Waals surface area contributed by atoms with E-state index in [4.69, 9.17) is 0 Å². The van der Waals surface area contributed by atoms with Crippen molar-refractivity contribution in [2.45, 2.75) is 6.10 Å². The highest BCUT2D eigenvalue weighted by Gasteiger charge is 2.10. The van der Waals surface area contributed by atoms with Gasteiger partial charge in [0.1, 0.15) is 6.10 Å². The minimum Gasteiger partial charge on any atom is -0.382 e. The summed E-state index contributed by atoms with van der Waals surface area (Å²) in [5, 5.41) is 9.97. The van der Waals surface area contributed by atoms with Crippen LogP contribution in [0.25, 0.3) is 0 Å². The van der Waals surface area contributed by atoms with E-state index in [0.717, 1.165) is 14.8 Å². The lowest BCUT2D eigenvalue weighted by molar-refractivity contribution is 0.216. The molecule has 1 atom stereocenters. The van der Waals surface area contributed by atoms with Gasteiger partial charge in [-0.2, -0.15) is 0 Å². The number of nitrogens with one attached hydrogen (secondary N) is 1. The van der Waals surface area contributed by atoms with Gasteiger partial charge in [0, 0.05) is 15.5 Å². The van der Waals surface area contributed by atoms with E-state index in [-0.39, 0.29) is 0 Å². The fourth-order valence-corrected chi connectivity index (χ4v) is 1.94. The lowest BCUT2D eigenvalue weighted by atomic mass is 10.1.